The van der Waals surface area contributed by atoms with E-state index in [1.807, 2.05) is 23.1 Å². The number of hydrogen-bond donors (Lipinski definition) is 1. The van der Waals surface area contributed by atoms with Crippen LogP contribution in [0.5, 0.6) is 0 Å². The molecule has 1 aromatic rings. The van der Waals surface area contributed by atoms with E-state index in [1.165, 1.54) is 0 Å². The highest BCUT2D eigenvalue weighted by atomic mass is 16.4. The topological polar surface area (TPSA) is 53.4 Å². The van der Waals surface area contributed by atoms with Crippen molar-refractivity contribution in [3.63, 3.8) is 0 Å². The van der Waals surface area contributed by atoms with E-state index in [2.05, 4.69) is 4.98 Å². The first-order chi connectivity index (χ1) is 7.27. The fraction of sp³-hybridized carbons (Fsp3) is 0.455. The van der Waals surface area contributed by atoms with Crippen LogP contribution in [0, 0.1) is 0 Å². The molecular formula is C11H14N2O2. The lowest BCUT2D eigenvalue weighted by atomic mass is 10.2. The molecule has 1 unspecified atom stereocenters. The van der Waals surface area contributed by atoms with Crippen LogP contribution in [-0.2, 0) is 11.3 Å². The maximum absolute atomic E-state index is 10.9. The SMILES string of the molecule is O=C(O)C1CCCN1Cc1ccccn1. The molecule has 2 heterocycles. The molecule has 0 saturated carbocycles. The second-order valence-corrected chi connectivity index (χ2v) is 3.79. The molecule has 1 aliphatic heterocycles. The summed E-state index contributed by atoms with van der Waals surface area (Å²) in [7, 11) is 0. The molecule has 1 fully saturated rings. The molecule has 0 radical (unpaired) electrons. The van der Waals surface area contributed by atoms with Crippen molar-refractivity contribution in [2.24, 2.45) is 0 Å². The Kier molecular flexibility index (Phi) is 2.97. The van der Waals surface area contributed by atoms with Gasteiger partial charge in [0.1, 0.15) is 6.04 Å². The Morgan fingerprint density at radius 1 is 1.60 bits per heavy atom. The lowest BCUT2D eigenvalue weighted by molar-refractivity contribution is -0.142. The Labute approximate surface area is 88.6 Å². The standard InChI is InChI=1S/C11H14N2O2/c14-11(15)10-5-3-7-13(10)8-9-4-1-2-6-12-9/h1-2,4,6,10H,3,5,7-8H2,(H,14,15). The molecule has 2 rings (SSSR count). The summed E-state index contributed by atoms with van der Waals surface area (Å²) in [6.45, 7) is 1.49. The second-order valence-electron chi connectivity index (χ2n) is 3.79. The van der Waals surface area contributed by atoms with Crippen LogP contribution in [0.15, 0.2) is 24.4 Å². The molecule has 0 amide bonds. The van der Waals surface area contributed by atoms with Crippen LogP contribution < -0.4 is 0 Å². The van der Waals surface area contributed by atoms with Crippen LogP contribution in [0.2, 0.25) is 0 Å². The van der Waals surface area contributed by atoms with Gasteiger partial charge in [-0.25, -0.2) is 0 Å². The largest absolute Gasteiger partial charge is 0.480 e. The van der Waals surface area contributed by atoms with E-state index in [0.29, 0.717) is 6.54 Å². The zero-order valence-corrected chi connectivity index (χ0v) is 8.47. The van der Waals surface area contributed by atoms with Gasteiger partial charge in [0.05, 0.1) is 5.69 Å². The van der Waals surface area contributed by atoms with Crippen LogP contribution in [0.1, 0.15) is 18.5 Å². The van der Waals surface area contributed by atoms with E-state index in [1.54, 1.807) is 6.20 Å². The molecule has 1 saturated heterocycles. The Balaban J connectivity index is 2.03. The van der Waals surface area contributed by atoms with E-state index in [0.717, 1.165) is 25.1 Å². The third kappa shape index (κ3) is 2.33. The average molecular weight is 206 g/mol. The molecule has 1 atom stereocenters. The molecule has 0 spiro atoms. The van der Waals surface area contributed by atoms with Gasteiger partial charge in [0.15, 0.2) is 0 Å². The van der Waals surface area contributed by atoms with Crippen molar-refractivity contribution in [3.05, 3.63) is 30.1 Å². The number of carbonyl (C=O) groups is 1. The van der Waals surface area contributed by atoms with Crippen molar-refractivity contribution in [2.75, 3.05) is 6.54 Å². The molecule has 1 N–H and O–H groups in total. The summed E-state index contributed by atoms with van der Waals surface area (Å²) in [6.07, 6.45) is 3.45. The van der Waals surface area contributed by atoms with Crippen molar-refractivity contribution in [3.8, 4) is 0 Å². The summed E-state index contributed by atoms with van der Waals surface area (Å²) in [6, 6.07) is 5.39. The van der Waals surface area contributed by atoms with Crippen LogP contribution in [-0.4, -0.2) is 33.5 Å². The van der Waals surface area contributed by atoms with Gasteiger partial charge in [-0.15, -0.1) is 0 Å². The fourth-order valence-electron chi connectivity index (χ4n) is 1.99. The first-order valence-electron chi connectivity index (χ1n) is 5.14. The molecule has 4 heteroatoms. The molecule has 4 nitrogen and oxygen atoms in total. The minimum atomic E-state index is -0.719. The molecule has 15 heavy (non-hydrogen) atoms. The summed E-state index contributed by atoms with van der Waals surface area (Å²) in [4.78, 5) is 17.1. The molecule has 1 aliphatic rings. The number of aliphatic carboxylic acids is 1. The number of aromatic nitrogens is 1. The summed E-state index contributed by atoms with van der Waals surface area (Å²) in [5.74, 6) is -0.719. The van der Waals surface area contributed by atoms with Gasteiger partial charge in [-0.3, -0.25) is 14.7 Å². The van der Waals surface area contributed by atoms with Crippen molar-refractivity contribution >= 4 is 5.97 Å². The van der Waals surface area contributed by atoms with Gasteiger partial charge in [0.2, 0.25) is 0 Å². The third-order valence-corrected chi connectivity index (χ3v) is 2.74. The number of carboxylic acid groups (broad SMARTS) is 1. The van der Waals surface area contributed by atoms with Crippen molar-refractivity contribution in [1.82, 2.24) is 9.88 Å². The van der Waals surface area contributed by atoms with Gasteiger partial charge >= 0.3 is 5.97 Å². The highest BCUT2D eigenvalue weighted by molar-refractivity contribution is 5.73. The first-order valence-corrected chi connectivity index (χ1v) is 5.14. The average Bonchev–Trinajstić information content (AvgIpc) is 2.67. The van der Waals surface area contributed by atoms with Gasteiger partial charge in [0, 0.05) is 12.7 Å². The van der Waals surface area contributed by atoms with Gasteiger partial charge < -0.3 is 5.11 Å². The summed E-state index contributed by atoms with van der Waals surface area (Å²) >= 11 is 0. The molecule has 0 bridgehead atoms. The Bertz CT molecular complexity index is 340. The van der Waals surface area contributed by atoms with E-state index < -0.39 is 5.97 Å². The quantitative estimate of drug-likeness (QED) is 0.805. The molecule has 0 aromatic carbocycles. The Hall–Kier alpha value is -1.42. The van der Waals surface area contributed by atoms with Gasteiger partial charge in [-0.1, -0.05) is 6.07 Å². The smallest absolute Gasteiger partial charge is 0.320 e. The minimum absolute atomic E-state index is 0.327. The van der Waals surface area contributed by atoms with Crippen LogP contribution in [0.4, 0.5) is 0 Å². The fourth-order valence-corrected chi connectivity index (χ4v) is 1.99. The molecule has 80 valence electrons. The van der Waals surface area contributed by atoms with Gasteiger partial charge in [0.25, 0.3) is 0 Å². The Morgan fingerprint density at radius 3 is 3.13 bits per heavy atom. The zero-order valence-electron chi connectivity index (χ0n) is 8.47. The first kappa shape index (κ1) is 10.1. The maximum atomic E-state index is 10.9. The predicted molar refractivity (Wildman–Crippen MR) is 55.3 cm³/mol. The summed E-state index contributed by atoms with van der Waals surface area (Å²) in [5, 5.41) is 9.00. The van der Waals surface area contributed by atoms with E-state index >= 15 is 0 Å². The highest BCUT2D eigenvalue weighted by Gasteiger charge is 2.30. The monoisotopic (exact) mass is 206 g/mol. The lowest BCUT2D eigenvalue weighted by Gasteiger charge is -2.20. The second kappa shape index (κ2) is 4.40. The van der Waals surface area contributed by atoms with Gasteiger partial charge in [-0.05, 0) is 31.5 Å². The van der Waals surface area contributed by atoms with Crippen LogP contribution in [0.25, 0.3) is 0 Å². The van der Waals surface area contributed by atoms with Crippen LogP contribution in [0.3, 0.4) is 0 Å². The van der Waals surface area contributed by atoms with E-state index in [9.17, 15) is 4.79 Å². The normalized spacial score (nSPS) is 21.7. The van der Waals surface area contributed by atoms with Gasteiger partial charge in [-0.2, -0.15) is 0 Å². The Morgan fingerprint density at radius 2 is 2.47 bits per heavy atom. The van der Waals surface area contributed by atoms with E-state index in [4.69, 9.17) is 5.11 Å². The predicted octanol–water partition coefficient (Wildman–Crippen LogP) is 1.13. The minimum Gasteiger partial charge on any atom is -0.480 e. The summed E-state index contributed by atoms with van der Waals surface area (Å²) < 4.78 is 0. The number of rotatable bonds is 3. The zero-order chi connectivity index (χ0) is 10.7. The number of nitrogens with zero attached hydrogens (tertiary/aromatic N) is 2. The third-order valence-electron chi connectivity index (χ3n) is 2.74. The molecule has 1 aromatic heterocycles. The van der Waals surface area contributed by atoms with Crippen molar-refractivity contribution in [1.29, 1.82) is 0 Å². The number of carboxylic acids is 1. The molecule has 0 aliphatic carbocycles. The van der Waals surface area contributed by atoms with E-state index in [-0.39, 0.29) is 6.04 Å². The molecular weight excluding hydrogens is 192 g/mol. The number of pyridine rings is 1. The van der Waals surface area contributed by atoms with Crippen LogP contribution >= 0.6 is 0 Å². The maximum Gasteiger partial charge on any atom is 0.320 e. The van der Waals surface area contributed by atoms with Crippen molar-refractivity contribution in [2.45, 2.75) is 25.4 Å². The highest BCUT2D eigenvalue weighted by Crippen LogP contribution is 2.19. The number of hydrogen-bond acceptors (Lipinski definition) is 3. The number of likely N-dealkylation sites (tertiary alicyclic amines) is 1. The summed E-state index contributed by atoms with van der Waals surface area (Å²) in [5.41, 5.74) is 0.936. The lowest BCUT2D eigenvalue weighted by Crippen LogP contribution is -2.35. The van der Waals surface area contributed by atoms with Crippen molar-refractivity contribution < 1.29 is 9.90 Å².